The molecule has 0 saturated heterocycles. The normalized spacial score (nSPS) is 12.0. The highest BCUT2D eigenvalue weighted by atomic mass is 31.1. The van der Waals surface area contributed by atoms with E-state index in [-0.39, 0.29) is 5.56 Å². The van der Waals surface area contributed by atoms with Gasteiger partial charge in [0.15, 0.2) is 34.9 Å². The van der Waals surface area contributed by atoms with Gasteiger partial charge in [0.2, 0.25) is 0 Å². The van der Waals surface area contributed by atoms with Crippen molar-refractivity contribution in [3.05, 3.63) is 152 Å². The smallest absolute Gasteiger partial charge is 0.200 e. The predicted octanol–water partition coefficient (Wildman–Crippen LogP) is 8.85. The maximum Gasteiger partial charge on any atom is 0.200 e. The lowest BCUT2D eigenvalue weighted by Gasteiger charge is -2.40. The molecule has 0 fully saturated rings. The zero-order valence-corrected chi connectivity index (χ0v) is 30.5. The van der Waals surface area contributed by atoms with E-state index in [1.54, 1.807) is 12.1 Å². The van der Waals surface area contributed by atoms with Crippen LogP contribution >= 0.6 is 7.92 Å². The van der Waals surface area contributed by atoms with Gasteiger partial charge < -0.3 is 0 Å². The molecule has 0 saturated carbocycles. The van der Waals surface area contributed by atoms with E-state index in [0.29, 0.717) is 22.0 Å². The summed E-state index contributed by atoms with van der Waals surface area (Å²) in [5, 5.41) is 2.67. The maximum absolute atomic E-state index is 15.8. The molecule has 6 aromatic rings. The Morgan fingerprint density at radius 1 is 0.407 bits per heavy atom. The first-order valence-electron chi connectivity index (χ1n) is 16.7. The van der Waals surface area contributed by atoms with Gasteiger partial charge in [0.1, 0.15) is 23.3 Å². The number of fused-ring (bicyclic) bond motifs is 4. The third-order valence-electron chi connectivity index (χ3n) is 10.0. The fourth-order valence-corrected chi connectivity index (χ4v) is 11.1. The molecule has 0 N–H and O–H groups in total. The molecule has 0 spiro atoms. The largest absolute Gasteiger partial charge is 0.224 e. The number of halogens is 10. The van der Waals surface area contributed by atoms with Crippen molar-refractivity contribution < 1.29 is 43.9 Å². The van der Waals surface area contributed by atoms with Crippen LogP contribution in [0.5, 0.6) is 0 Å². The van der Waals surface area contributed by atoms with E-state index in [9.17, 15) is 26.3 Å². The van der Waals surface area contributed by atoms with Gasteiger partial charge in [-0.2, -0.15) is 10.9 Å². The lowest BCUT2D eigenvalue weighted by atomic mass is 9.34. The first-order valence-corrected chi connectivity index (χ1v) is 18.1. The molecule has 0 heterocycles. The summed E-state index contributed by atoms with van der Waals surface area (Å²) in [6.07, 6.45) is 0. The van der Waals surface area contributed by atoms with Crippen LogP contribution in [-0.4, -0.2) is 6.71 Å². The minimum Gasteiger partial charge on any atom is -0.224 e. The monoisotopic (exact) mass is 764 g/mol. The van der Waals surface area contributed by atoms with Crippen molar-refractivity contribution >= 4 is 46.9 Å². The molecule has 12 heteroatoms. The fourth-order valence-electron chi connectivity index (χ4n) is 8.07. The predicted molar refractivity (Wildman–Crippen MR) is 195 cm³/mol. The minimum atomic E-state index is -2.69. The van der Waals surface area contributed by atoms with E-state index in [1.165, 1.54) is 6.07 Å². The Morgan fingerprint density at radius 2 is 0.741 bits per heavy atom. The Labute approximate surface area is 306 Å². The summed E-state index contributed by atoms with van der Waals surface area (Å²) in [6, 6.07) is 17.6. The molecule has 6 aromatic carbocycles. The number of hydrogen-bond acceptors (Lipinski definition) is 0. The number of benzene rings is 6. The Bertz CT molecular complexity index is 2370. The van der Waals surface area contributed by atoms with E-state index >= 15 is 17.6 Å². The molecule has 0 nitrogen and oxygen atoms in total. The fraction of sp³-hybridized carbons (Fsp3) is 0.143. The standard InChI is InChI=1S/C42H28BF10P/c1-17-13-19(3)41(20(4)14-17)54(42-21(5)15-18(2)16-22(42)6)26-12-8-10-24-23-9-7-11-25(27(23)28(24)26)43(29-31(44)35(48)39(52)36(49)32(29)45)30-33(46)37(50)40(53)38(51)34(30)47/h7-16H,1-6H3/q-1. The average Bonchev–Trinajstić information content (AvgIpc) is 3.11. The van der Waals surface area contributed by atoms with Gasteiger partial charge >= 0.3 is 0 Å². The van der Waals surface area contributed by atoms with Crippen molar-refractivity contribution in [3.8, 4) is 22.3 Å². The lowest BCUT2D eigenvalue weighted by molar-refractivity contribution is 0.382. The number of rotatable bonds is 6. The SMILES string of the molecule is Cc1cc(C)c(P(c2cccc3c2-c2c([B-](c4c(F)c(F)c(F)c(F)c4F)c4c(F)c(F)c(F)c(F)c4F)cccc2-3)c2c(C)cc(C)cc2C)c(C)c1. The van der Waals surface area contributed by atoms with E-state index in [4.69, 9.17) is 0 Å². The molecule has 54 heavy (non-hydrogen) atoms. The Hall–Kier alpha value is -4.89. The van der Waals surface area contributed by atoms with E-state index in [1.807, 2.05) is 77.9 Å². The molecule has 0 amide bonds. The minimum absolute atomic E-state index is 0.110. The van der Waals surface area contributed by atoms with E-state index < -0.39 is 89.2 Å². The maximum atomic E-state index is 15.8. The van der Waals surface area contributed by atoms with Crippen molar-refractivity contribution in [1.82, 2.24) is 0 Å². The molecule has 1 radical (unpaired) electrons. The quantitative estimate of drug-likeness (QED) is 0.0523. The Kier molecular flexibility index (Phi) is 9.32. The summed E-state index contributed by atoms with van der Waals surface area (Å²) < 4.78 is 151. The van der Waals surface area contributed by atoms with E-state index in [2.05, 4.69) is 0 Å². The van der Waals surface area contributed by atoms with Gasteiger partial charge in [-0.15, -0.1) is 0 Å². The molecule has 7 rings (SSSR count). The molecule has 0 bridgehead atoms. The van der Waals surface area contributed by atoms with Crippen molar-refractivity contribution in [2.45, 2.75) is 41.5 Å². The van der Waals surface area contributed by atoms with Crippen LogP contribution in [-0.2, 0) is 0 Å². The third kappa shape index (κ3) is 5.49. The summed E-state index contributed by atoms with van der Waals surface area (Å²) >= 11 is 0. The zero-order chi connectivity index (χ0) is 39.2. The molecule has 0 atom stereocenters. The highest BCUT2D eigenvalue weighted by Crippen LogP contribution is 2.51. The molecule has 1 aliphatic rings. The molecule has 0 aromatic heterocycles. The molecular formula is C42H28BF10P-. The highest BCUT2D eigenvalue weighted by Gasteiger charge is 2.37. The Balaban J connectivity index is 1.61. The average molecular weight is 764 g/mol. The number of aryl methyl sites for hydroxylation is 6. The topological polar surface area (TPSA) is 0 Å². The molecule has 0 unspecified atom stereocenters. The van der Waals surface area contributed by atoms with Crippen LogP contribution in [0.1, 0.15) is 33.4 Å². The highest BCUT2D eigenvalue weighted by molar-refractivity contribution is 7.80. The van der Waals surface area contributed by atoms with Crippen LogP contribution in [0.3, 0.4) is 0 Å². The van der Waals surface area contributed by atoms with Crippen molar-refractivity contribution in [2.75, 3.05) is 0 Å². The molecule has 0 aliphatic heterocycles. The van der Waals surface area contributed by atoms with Gasteiger partial charge in [0.25, 0.3) is 0 Å². The van der Waals surface area contributed by atoms with Crippen LogP contribution in [0.2, 0.25) is 0 Å². The molecular weight excluding hydrogens is 736 g/mol. The van der Waals surface area contributed by atoms with Crippen LogP contribution in [0.15, 0.2) is 60.7 Å². The second kappa shape index (κ2) is 13.4. The van der Waals surface area contributed by atoms with Crippen LogP contribution in [0, 0.1) is 99.7 Å². The lowest BCUT2D eigenvalue weighted by Crippen LogP contribution is -2.59. The van der Waals surface area contributed by atoms with Crippen LogP contribution in [0.4, 0.5) is 43.9 Å². The Morgan fingerprint density at radius 3 is 1.13 bits per heavy atom. The summed E-state index contributed by atoms with van der Waals surface area (Å²) in [4.78, 5) is 0. The van der Waals surface area contributed by atoms with Crippen molar-refractivity contribution in [2.24, 2.45) is 0 Å². The second-order valence-corrected chi connectivity index (χ2v) is 15.7. The summed E-state index contributed by atoms with van der Waals surface area (Å²) in [6.45, 7) is 9.13. The van der Waals surface area contributed by atoms with Crippen molar-refractivity contribution in [1.29, 1.82) is 0 Å². The first-order chi connectivity index (χ1) is 25.5. The van der Waals surface area contributed by atoms with Crippen molar-refractivity contribution in [3.63, 3.8) is 0 Å². The zero-order valence-electron chi connectivity index (χ0n) is 29.6. The van der Waals surface area contributed by atoms with Gasteiger partial charge in [-0.3, -0.25) is 0 Å². The summed E-state index contributed by atoms with van der Waals surface area (Å²) in [5.74, 6) is -24.8. The van der Waals surface area contributed by atoms with Gasteiger partial charge in [0.05, 0.1) is 0 Å². The molecule has 275 valence electrons. The first kappa shape index (κ1) is 37.4. The van der Waals surface area contributed by atoms with Gasteiger partial charge in [-0.25, -0.2) is 49.4 Å². The molecule has 1 aliphatic carbocycles. The summed E-state index contributed by atoms with van der Waals surface area (Å²) in [5.41, 5.74) is 3.46. The van der Waals surface area contributed by atoms with Crippen LogP contribution in [0.25, 0.3) is 22.3 Å². The summed E-state index contributed by atoms with van der Waals surface area (Å²) in [7, 11) is -1.49. The third-order valence-corrected chi connectivity index (χ3v) is 13.2. The second-order valence-electron chi connectivity index (χ2n) is 13.7. The van der Waals surface area contributed by atoms with Crippen LogP contribution < -0.4 is 32.3 Å². The van der Waals surface area contributed by atoms with Gasteiger partial charge in [-0.05, 0) is 117 Å². The number of hydrogen-bond donors (Lipinski definition) is 0. The van der Waals surface area contributed by atoms with E-state index in [0.717, 1.165) is 50.1 Å². The van der Waals surface area contributed by atoms with Gasteiger partial charge in [0, 0.05) is 0 Å². The van der Waals surface area contributed by atoms with Gasteiger partial charge in [-0.1, -0.05) is 71.8 Å².